The van der Waals surface area contributed by atoms with E-state index in [-0.39, 0.29) is 11.6 Å². The minimum atomic E-state index is 0.148. The standard InChI is InChI=1S/C12H10N4O/c1-8-2-3-9(14)6-11(8)17-12-10(7-13)15-4-5-16-12/h2-6H,14H2,1H3. The van der Waals surface area contributed by atoms with Gasteiger partial charge in [0.15, 0.2) is 0 Å². The molecule has 0 saturated carbocycles. The lowest BCUT2D eigenvalue weighted by Gasteiger charge is -2.08. The first-order chi connectivity index (χ1) is 8.20. The van der Waals surface area contributed by atoms with E-state index in [1.807, 2.05) is 19.1 Å². The van der Waals surface area contributed by atoms with E-state index in [0.29, 0.717) is 11.4 Å². The zero-order valence-electron chi connectivity index (χ0n) is 9.21. The molecule has 0 radical (unpaired) electrons. The molecular formula is C12H10N4O. The summed E-state index contributed by atoms with van der Waals surface area (Å²) in [7, 11) is 0. The van der Waals surface area contributed by atoms with Gasteiger partial charge < -0.3 is 10.5 Å². The highest BCUT2D eigenvalue weighted by molar-refractivity contribution is 5.49. The van der Waals surface area contributed by atoms with Gasteiger partial charge in [-0.2, -0.15) is 5.26 Å². The first kappa shape index (κ1) is 10.9. The van der Waals surface area contributed by atoms with Gasteiger partial charge in [-0.05, 0) is 18.6 Å². The Morgan fingerprint density at radius 1 is 1.29 bits per heavy atom. The van der Waals surface area contributed by atoms with Crippen LogP contribution in [0.1, 0.15) is 11.3 Å². The van der Waals surface area contributed by atoms with Gasteiger partial charge >= 0.3 is 0 Å². The third-order valence-electron chi connectivity index (χ3n) is 2.19. The number of aromatic nitrogens is 2. The van der Waals surface area contributed by atoms with E-state index >= 15 is 0 Å². The molecule has 0 bridgehead atoms. The molecule has 0 unspecified atom stereocenters. The van der Waals surface area contributed by atoms with Crippen LogP contribution in [0.3, 0.4) is 0 Å². The first-order valence-electron chi connectivity index (χ1n) is 4.96. The van der Waals surface area contributed by atoms with Gasteiger partial charge in [-0.15, -0.1) is 0 Å². The molecule has 0 amide bonds. The number of nitrogens with zero attached hydrogens (tertiary/aromatic N) is 3. The number of nitrogen functional groups attached to an aromatic ring is 1. The van der Waals surface area contributed by atoms with Crippen LogP contribution in [0.25, 0.3) is 0 Å². The van der Waals surface area contributed by atoms with Crippen molar-refractivity contribution in [2.45, 2.75) is 6.92 Å². The van der Waals surface area contributed by atoms with Crippen molar-refractivity contribution in [2.75, 3.05) is 5.73 Å². The van der Waals surface area contributed by atoms with Crippen LogP contribution in [0.2, 0.25) is 0 Å². The summed E-state index contributed by atoms with van der Waals surface area (Å²) < 4.78 is 5.54. The van der Waals surface area contributed by atoms with Gasteiger partial charge in [0.1, 0.15) is 11.8 Å². The molecule has 84 valence electrons. The van der Waals surface area contributed by atoms with E-state index in [1.165, 1.54) is 12.4 Å². The fourth-order valence-corrected chi connectivity index (χ4v) is 1.31. The third-order valence-corrected chi connectivity index (χ3v) is 2.19. The number of nitriles is 1. The number of anilines is 1. The Morgan fingerprint density at radius 2 is 2.06 bits per heavy atom. The van der Waals surface area contributed by atoms with Crippen molar-refractivity contribution >= 4 is 5.69 Å². The lowest BCUT2D eigenvalue weighted by Crippen LogP contribution is -1.96. The summed E-state index contributed by atoms with van der Waals surface area (Å²) in [5, 5.41) is 8.86. The second-order valence-electron chi connectivity index (χ2n) is 3.45. The van der Waals surface area contributed by atoms with E-state index < -0.39 is 0 Å². The fourth-order valence-electron chi connectivity index (χ4n) is 1.31. The molecule has 0 aliphatic rings. The molecule has 1 aromatic carbocycles. The highest BCUT2D eigenvalue weighted by Crippen LogP contribution is 2.26. The Hall–Kier alpha value is -2.61. The maximum absolute atomic E-state index is 8.86. The number of aryl methyl sites for hydroxylation is 1. The molecule has 5 nitrogen and oxygen atoms in total. The lowest BCUT2D eigenvalue weighted by atomic mass is 10.2. The molecule has 0 aliphatic heterocycles. The van der Waals surface area contributed by atoms with Crippen LogP contribution in [0.15, 0.2) is 30.6 Å². The second-order valence-corrected chi connectivity index (χ2v) is 3.45. The first-order valence-corrected chi connectivity index (χ1v) is 4.96. The minimum Gasteiger partial charge on any atom is -0.436 e. The van der Waals surface area contributed by atoms with Crippen molar-refractivity contribution in [3.8, 4) is 17.7 Å². The van der Waals surface area contributed by atoms with E-state index in [9.17, 15) is 0 Å². The zero-order chi connectivity index (χ0) is 12.3. The minimum absolute atomic E-state index is 0.148. The third kappa shape index (κ3) is 2.32. The second kappa shape index (κ2) is 4.49. The number of rotatable bonds is 2. The van der Waals surface area contributed by atoms with Crippen LogP contribution in [-0.2, 0) is 0 Å². The van der Waals surface area contributed by atoms with Crippen LogP contribution in [0, 0.1) is 18.3 Å². The average Bonchev–Trinajstić information content (AvgIpc) is 2.34. The van der Waals surface area contributed by atoms with Gasteiger partial charge in [-0.3, -0.25) is 0 Å². The molecule has 1 aromatic heterocycles. The normalized spacial score (nSPS) is 9.65. The Labute approximate surface area is 98.5 Å². The topological polar surface area (TPSA) is 84.8 Å². The van der Waals surface area contributed by atoms with Crippen LogP contribution in [-0.4, -0.2) is 9.97 Å². The summed E-state index contributed by atoms with van der Waals surface area (Å²) in [6, 6.07) is 7.23. The van der Waals surface area contributed by atoms with Crippen LogP contribution < -0.4 is 10.5 Å². The molecule has 5 heteroatoms. The van der Waals surface area contributed by atoms with Gasteiger partial charge in [0.2, 0.25) is 5.69 Å². The van der Waals surface area contributed by atoms with Crippen LogP contribution in [0.4, 0.5) is 5.69 Å². The summed E-state index contributed by atoms with van der Waals surface area (Å²) in [5.41, 5.74) is 7.32. The number of nitrogens with two attached hydrogens (primary N) is 1. The van der Waals surface area contributed by atoms with Crippen molar-refractivity contribution in [1.29, 1.82) is 5.26 Å². The Kier molecular flexibility index (Phi) is 2.88. The molecule has 2 N–H and O–H groups in total. The molecule has 2 aromatic rings. The van der Waals surface area contributed by atoms with Crippen molar-refractivity contribution in [1.82, 2.24) is 9.97 Å². The predicted molar refractivity (Wildman–Crippen MR) is 62.4 cm³/mol. The zero-order valence-corrected chi connectivity index (χ0v) is 9.21. The summed E-state index contributed by atoms with van der Waals surface area (Å²) in [6.45, 7) is 1.89. The molecule has 1 heterocycles. The van der Waals surface area contributed by atoms with E-state index in [2.05, 4.69) is 9.97 Å². The maximum Gasteiger partial charge on any atom is 0.256 e. The van der Waals surface area contributed by atoms with Crippen LogP contribution in [0.5, 0.6) is 11.6 Å². The lowest BCUT2D eigenvalue weighted by molar-refractivity contribution is 0.455. The number of benzene rings is 1. The van der Waals surface area contributed by atoms with E-state index in [1.54, 1.807) is 12.1 Å². The number of hydrogen-bond acceptors (Lipinski definition) is 5. The SMILES string of the molecule is Cc1ccc(N)cc1Oc1nccnc1C#N. The fraction of sp³-hybridized carbons (Fsp3) is 0.0833. The summed E-state index contributed by atoms with van der Waals surface area (Å²) in [6.07, 6.45) is 2.91. The molecular weight excluding hydrogens is 216 g/mol. The molecule has 0 aliphatic carbocycles. The molecule has 2 rings (SSSR count). The summed E-state index contributed by atoms with van der Waals surface area (Å²) >= 11 is 0. The van der Waals surface area contributed by atoms with Gasteiger partial charge in [0.25, 0.3) is 5.88 Å². The molecule has 17 heavy (non-hydrogen) atoms. The maximum atomic E-state index is 8.86. The Balaban J connectivity index is 2.38. The molecule has 0 saturated heterocycles. The van der Waals surface area contributed by atoms with Gasteiger partial charge in [-0.1, -0.05) is 6.07 Å². The number of ether oxygens (including phenoxy) is 1. The predicted octanol–water partition coefficient (Wildman–Crippen LogP) is 2.03. The Bertz CT molecular complexity index is 589. The van der Waals surface area contributed by atoms with Gasteiger partial charge in [0.05, 0.1) is 0 Å². The van der Waals surface area contributed by atoms with Crippen molar-refractivity contribution in [3.05, 3.63) is 41.9 Å². The Morgan fingerprint density at radius 3 is 2.82 bits per heavy atom. The molecule has 0 spiro atoms. The van der Waals surface area contributed by atoms with Crippen molar-refractivity contribution < 1.29 is 4.74 Å². The molecule has 0 fully saturated rings. The van der Waals surface area contributed by atoms with Gasteiger partial charge in [-0.25, -0.2) is 9.97 Å². The van der Waals surface area contributed by atoms with Crippen molar-refractivity contribution in [3.63, 3.8) is 0 Å². The van der Waals surface area contributed by atoms with Crippen molar-refractivity contribution in [2.24, 2.45) is 0 Å². The smallest absolute Gasteiger partial charge is 0.256 e. The average molecular weight is 226 g/mol. The quantitative estimate of drug-likeness (QED) is 0.792. The summed E-state index contributed by atoms with van der Waals surface area (Å²) in [5.74, 6) is 0.755. The van der Waals surface area contributed by atoms with E-state index in [0.717, 1.165) is 5.56 Å². The highest BCUT2D eigenvalue weighted by Gasteiger charge is 2.08. The summed E-state index contributed by atoms with van der Waals surface area (Å²) in [4.78, 5) is 7.83. The van der Waals surface area contributed by atoms with Crippen LogP contribution >= 0.6 is 0 Å². The highest BCUT2D eigenvalue weighted by atomic mass is 16.5. The van der Waals surface area contributed by atoms with Gasteiger partial charge in [0, 0.05) is 24.1 Å². The molecule has 0 atom stereocenters. The largest absolute Gasteiger partial charge is 0.436 e. The van der Waals surface area contributed by atoms with E-state index in [4.69, 9.17) is 15.7 Å². The monoisotopic (exact) mass is 226 g/mol. The number of hydrogen-bond donors (Lipinski definition) is 1.